The molecule has 0 amide bonds. The number of aromatic nitrogens is 5. The van der Waals surface area contributed by atoms with Crippen molar-refractivity contribution in [2.75, 3.05) is 0 Å². The van der Waals surface area contributed by atoms with Crippen LogP contribution in [0.15, 0.2) is 176 Å². The smallest absolute Gasteiger partial charge is 0.201 e. The Hall–Kier alpha value is -8.15. The van der Waals surface area contributed by atoms with E-state index in [1.807, 2.05) is 121 Å². The molecule has 0 saturated heterocycles. The van der Waals surface area contributed by atoms with Gasteiger partial charge in [0.25, 0.3) is 0 Å². The van der Waals surface area contributed by atoms with Gasteiger partial charge in [-0.15, -0.1) is 0 Å². The molecule has 0 unspecified atom stereocenters. The van der Waals surface area contributed by atoms with Crippen LogP contribution in [-0.4, -0.2) is 0 Å². The number of hydrogen-bond donors (Lipinski definition) is 0. The molecular formula is C76H92N5+5. The molecule has 0 aliphatic carbocycles. The first kappa shape index (κ1) is 38.5. The van der Waals surface area contributed by atoms with Crippen LogP contribution >= 0.6 is 0 Å². The summed E-state index contributed by atoms with van der Waals surface area (Å²) >= 11 is 0. The fraction of sp³-hybridized carbons (Fsp3) is 0.276. The Kier molecular flexibility index (Phi) is 13.2. The molecule has 0 saturated carbocycles. The predicted octanol–water partition coefficient (Wildman–Crippen LogP) is 15.8. The van der Waals surface area contributed by atoms with Gasteiger partial charge in [0.2, 0.25) is 28.5 Å². The predicted molar refractivity (Wildman–Crippen MR) is 341 cm³/mol. The van der Waals surface area contributed by atoms with Gasteiger partial charge in [-0.25, -0.2) is 13.7 Å². The van der Waals surface area contributed by atoms with Crippen LogP contribution in [0.5, 0.6) is 0 Å². The van der Waals surface area contributed by atoms with E-state index in [-0.39, 0.29) is 5.56 Å². The van der Waals surface area contributed by atoms with E-state index in [0.29, 0.717) is 39.1 Å². The van der Waals surface area contributed by atoms with Crippen LogP contribution in [0.1, 0.15) is 118 Å². The van der Waals surface area contributed by atoms with E-state index < -0.39 is 48.0 Å². The van der Waals surface area contributed by atoms with Crippen LogP contribution in [0.2, 0.25) is 0 Å². The maximum absolute atomic E-state index is 7.58. The number of benzene rings is 5. The van der Waals surface area contributed by atoms with Gasteiger partial charge in [-0.1, -0.05) is 88.5 Å². The third kappa shape index (κ3) is 16.0. The van der Waals surface area contributed by atoms with Crippen molar-refractivity contribution in [1.29, 1.82) is 0 Å². The Morgan fingerprint density at radius 3 is 1.19 bits per heavy atom. The molecule has 0 radical (unpaired) electrons. The van der Waals surface area contributed by atoms with E-state index in [1.165, 1.54) is 11.1 Å². The lowest BCUT2D eigenvalue weighted by molar-refractivity contribution is -0.667. The van der Waals surface area contributed by atoms with E-state index in [2.05, 4.69) is 54.2 Å². The number of rotatable bonds is 5. The standard InChI is InChI=1S/C16H20N.4C15H18N/c1-11-6-8-15(13(3)10-11)16-9-7-12(2)14(4)17(16)5;1-11-5-7-14(13(3)9-11)15-8-6-12(2)10-16(15)4;1-11-5-6-14(13(3)9-11)15-10-12(2)7-8-16(15)4;1-11-7-8-14(13(3)10-11)15-12(2)6-5-9-16(15)4;1-11-8-9-14(12(2)10-11)15-7-5-6-13(3)16(15)4/h6-10H,1-5H3;4*5-10H,1-4H3/q5*+1/i2*1D3,2D3;3*1D3. The molecule has 81 heavy (non-hydrogen) atoms. The zero-order chi connectivity index (χ0) is 76.9. The third-order valence-corrected chi connectivity index (χ3v) is 14.5. The molecule has 5 heterocycles. The highest BCUT2D eigenvalue weighted by atomic mass is 15.0. The highest BCUT2D eigenvalue weighted by molar-refractivity contribution is 5.66. The largest absolute Gasteiger partial charge is 0.215 e. The van der Waals surface area contributed by atoms with Crippen molar-refractivity contribution in [3.05, 3.63) is 266 Å². The van der Waals surface area contributed by atoms with E-state index in [0.717, 1.165) is 89.8 Å². The van der Waals surface area contributed by atoms with Gasteiger partial charge >= 0.3 is 0 Å². The number of hydrogen-bond acceptors (Lipinski definition) is 0. The van der Waals surface area contributed by atoms with Crippen LogP contribution in [0.25, 0.3) is 56.3 Å². The lowest BCUT2D eigenvalue weighted by Crippen LogP contribution is -2.35. The van der Waals surface area contributed by atoms with Gasteiger partial charge in [-0.3, -0.25) is 0 Å². The van der Waals surface area contributed by atoms with Crippen LogP contribution in [0.3, 0.4) is 0 Å². The molecular weight excluding hydrogens is 983 g/mol. The average Bonchev–Trinajstić information content (AvgIpc) is 0.885. The van der Waals surface area contributed by atoms with Gasteiger partial charge in [0.15, 0.2) is 30.0 Å². The van der Waals surface area contributed by atoms with E-state index in [9.17, 15) is 0 Å². The molecule has 10 rings (SSSR count). The third-order valence-electron chi connectivity index (χ3n) is 14.5. The fourth-order valence-corrected chi connectivity index (χ4v) is 9.70. The first-order valence-corrected chi connectivity index (χ1v) is 26.8. The Labute approximate surface area is 517 Å². The maximum atomic E-state index is 7.58. The van der Waals surface area contributed by atoms with Gasteiger partial charge in [0.05, 0.1) is 0 Å². The number of aryl methyl sites for hydroxylation is 18. The summed E-state index contributed by atoms with van der Waals surface area (Å²) in [6.45, 7) is 2.82. The summed E-state index contributed by atoms with van der Waals surface area (Å²) in [7, 11) is 9.60. The minimum atomic E-state index is -2.15. The van der Waals surface area contributed by atoms with Crippen LogP contribution in [-0.2, 0) is 35.2 Å². The van der Waals surface area contributed by atoms with Crippen molar-refractivity contribution >= 4 is 0 Å². The topological polar surface area (TPSA) is 19.4 Å². The summed E-state index contributed by atoms with van der Waals surface area (Å²) < 4.78 is 167. The van der Waals surface area contributed by atoms with Gasteiger partial charge in [-0.2, -0.15) is 9.13 Å². The van der Waals surface area contributed by atoms with Crippen molar-refractivity contribution in [2.45, 2.75) is 110 Å². The minimum Gasteiger partial charge on any atom is -0.201 e. The molecule has 5 aromatic carbocycles. The number of nitrogens with zero attached hydrogens (tertiary/aromatic N) is 5. The van der Waals surface area contributed by atoms with Crippen molar-refractivity contribution in [2.24, 2.45) is 35.2 Å². The van der Waals surface area contributed by atoms with Gasteiger partial charge < -0.3 is 0 Å². The molecule has 0 N–H and O–H groups in total. The normalized spacial score (nSPS) is 15.5. The molecule has 0 aliphatic heterocycles. The van der Waals surface area contributed by atoms with E-state index >= 15 is 0 Å². The second-order valence-corrected chi connectivity index (χ2v) is 20.8. The first-order chi connectivity index (χ1) is 46.8. The van der Waals surface area contributed by atoms with Crippen molar-refractivity contribution < 1.29 is 51.6 Å². The van der Waals surface area contributed by atoms with E-state index in [4.69, 9.17) is 28.8 Å². The second kappa shape index (κ2) is 27.8. The molecule has 0 spiro atoms. The van der Waals surface area contributed by atoms with Crippen molar-refractivity contribution in [1.82, 2.24) is 0 Å². The lowest BCUT2D eigenvalue weighted by Gasteiger charge is -2.08. The van der Waals surface area contributed by atoms with Gasteiger partial charge in [-0.05, 0) is 184 Å². The SMILES string of the molecule is [2H]C([2H])([2H])c1ccc(-c2c(C)ccc[n+]2C)c(C)c1.[2H]C([2H])([2H])c1ccc(-c2cc(C)cc[n+]2C)c(C)c1.[2H]C([2H])([2H])c1ccc(-c2ccc(C([2H])([2H])[2H])c(C)[n+]2C)c(C)c1.[2H]C([2H])([2H])c1ccc(-c2ccc(C([2H])([2H])[2H])c[n+]2C)c(C)c1.[2H]C([2H])([2H])c1ccc(-c2cccc(C)[n+]2C)c(C)c1. The van der Waals surface area contributed by atoms with E-state index in [1.54, 1.807) is 122 Å². The van der Waals surface area contributed by atoms with Crippen LogP contribution < -0.4 is 22.8 Å². The Morgan fingerprint density at radius 2 is 0.728 bits per heavy atom. The molecule has 0 fully saturated rings. The zero-order valence-corrected chi connectivity index (χ0v) is 49.5. The Morgan fingerprint density at radius 1 is 0.284 bits per heavy atom. The number of pyridine rings is 5. The molecule has 0 atom stereocenters. The summed E-state index contributed by atoms with van der Waals surface area (Å²) in [5.41, 5.74) is 21.2. The molecule has 5 aromatic heterocycles. The summed E-state index contributed by atoms with van der Waals surface area (Å²) in [6.07, 6.45) is 5.60. The molecule has 10 aromatic rings. The van der Waals surface area contributed by atoms with Gasteiger partial charge in [0, 0.05) is 130 Å². The first-order valence-electron chi connectivity index (χ1n) is 37.3. The van der Waals surface area contributed by atoms with Crippen molar-refractivity contribution in [3.8, 4) is 56.3 Å². The minimum absolute atomic E-state index is 0.274. The maximum Gasteiger partial charge on any atom is 0.215 e. The highest BCUT2D eigenvalue weighted by Crippen LogP contribution is 2.27. The molecule has 5 heteroatoms. The molecule has 0 bridgehead atoms. The van der Waals surface area contributed by atoms with Crippen molar-refractivity contribution in [3.63, 3.8) is 0 Å². The molecule has 416 valence electrons. The monoisotopic (exact) mass is 1100 g/mol. The Bertz CT molecular complexity index is 4500. The zero-order valence-electron chi connectivity index (χ0n) is 70.5. The second-order valence-electron chi connectivity index (χ2n) is 20.8. The summed E-state index contributed by atoms with van der Waals surface area (Å²) in [6, 6.07) is 47.1. The quantitative estimate of drug-likeness (QED) is 0.153. The lowest BCUT2D eigenvalue weighted by atomic mass is 9.99. The Balaban J connectivity index is 0.000000201. The van der Waals surface area contributed by atoms with Crippen LogP contribution in [0.4, 0.5) is 0 Å². The van der Waals surface area contributed by atoms with Crippen LogP contribution in [0, 0.1) is 110 Å². The fourth-order valence-electron chi connectivity index (χ4n) is 9.70. The highest BCUT2D eigenvalue weighted by Gasteiger charge is 2.18. The molecule has 5 nitrogen and oxygen atoms in total. The average molecular weight is 1100 g/mol. The van der Waals surface area contributed by atoms with Gasteiger partial charge in [0.1, 0.15) is 35.2 Å². The summed E-state index contributed by atoms with van der Waals surface area (Å²) in [5, 5.41) is 0. The molecule has 0 aliphatic rings. The summed E-state index contributed by atoms with van der Waals surface area (Å²) in [4.78, 5) is 0. The summed E-state index contributed by atoms with van der Waals surface area (Å²) in [5.74, 6) is 0.